The summed E-state index contributed by atoms with van der Waals surface area (Å²) >= 11 is 0. The highest BCUT2D eigenvalue weighted by atomic mass is 19.1. The lowest BCUT2D eigenvalue weighted by atomic mass is 10.1. The molecule has 15 heavy (non-hydrogen) atoms. The minimum atomic E-state index is -1.56. The van der Waals surface area contributed by atoms with E-state index >= 15 is 0 Å². The quantitative estimate of drug-likeness (QED) is 0.739. The van der Waals surface area contributed by atoms with Crippen molar-refractivity contribution >= 4 is 12.1 Å². The summed E-state index contributed by atoms with van der Waals surface area (Å²) in [6.07, 6.45) is -0.785. The highest BCUT2D eigenvalue weighted by molar-refractivity contribution is 5.80. The van der Waals surface area contributed by atoms with E-state index in [1.807, 2.05) is 0 Å². The van der Waals surface area contributed by atoms with E-state index in [1.165, 1.54) is 0 Å². The van der Waals surface area contributed by atoms with Gasteiger partial charge in [-0.2, -0.15) is 4.39 Å². The molecule has 0 saturated carbocycles. The number of hydrogen-bond donors (Lipinski definition) is 1. The van der Waals surface area contributed by atoms with Crippen LogP contribution in [0.4, 0.5) is 9.18 Å². The zero-order valence-electron chi connectivity index (χ0n) is 9.76. The molecular formula is C10H18FNO3. The van der Waals surface area contributed by atoms with E-state index in [2.05, 4.69) is 5.32 Å². The Kier molecular flexibility index (Phi) is 4.71. The van der Waals surface area contributed by atoms with Gasteiger partial charge in [-0.15, -0.1) is 0 Å². The average Bonchev–Trinajstić information content (AvgIpc) is 1.95. The van der Waals surface area contributed by atoms with Crippen LogP contribution in [0.1, 0.15) is 34.6 Å². The second kappa shape index (κ2) is 5.09. The standard InChI is InChI=1S/C10H18FNO3/c1-6(2)7(8(11)13)12-9(14)15-10(3,4)5/h6-7H,1-5H3,(H,12,14)/t7-/m1/s1. The predicted octanol–water partition coefficient (Wildman–Crippen LogP) is 2.03. The summed E-state index contributed by atoms with van der Waals surface area (Å²) in [5, 5.41) is 2.19. The molecule has 5 heteroatoms. The fraction of sp³-hybridized carbons (Fsp3) is 0.800. The number of carbonyl (C=O) groups excluding carboxylic acids is 2. The molecule has 0 aromatic heterocycles. The zero-order valence-corrected chi connectivity index (χ0v) is 9.76. The summed E-state index contributed by atoms with van der Waals surface area (Å²) < 4.78 is 17.4. The minimum absolute atomic E-state index is 0.310. The van der Waals surface area contributed by atoms with Gasteiger partial charge in [0.2, 0.25) is 0 Å². The van der Waals surface area contributed by atoms with Crippen LogP contribution in [0.5, 0.6) is 0 Å². The fourth-order valence-electron chi connectivity index (χ4n) is 0.920. The number of halogens is 1. The average molecular weight is 219 g/mol. The van der Waals surface area contributed by atoms with E-state index in [1.54, 1.807) is 34.6 Å². The molecule has 0 aliphatic rings. The minimum Gasteiger partial charge on any atom is -0.444 e. The van der Waals surface area contributed by atoms with Crippen molar-refractivity contribution in [3.05, 3.63) is 0 Å². The van der Waals surface area contributed by atoms with E-state index in [4.69, 9.17) is 4.74 Å². The Morgan fingerprint density at radius 3 is 2.00 bits per heavy atom. The van der Waals surface area contributed by atoms with Gasteiger partial charge < -0.3 is 10.1 Å². The predicted molar refractivity (Wildman–Crippen MR) is 54.1 cm³/mol. The first-order valence-corrected chi connectivity index (χ1v) is 4.82. The van der Waals surface area contributed by atoms with Crippen molar-refractivity contribution in [3.63, 3.8) is 0 Å². The number of ether oxygens (including phenoxy) is 1. The number of hydrogen-bond acceptors (Lipinski definition) is 3. The Morgan fingerprint density at radius 2 is 1.73 bits per heavy atom. The zero-order chi connectivity index (χ0) is 12.2. The molecule has 0 spiro atoms. The van der Waals surface area contributed by atoms with E-state index < -0.39 is 23.8 Å². The van der Waals surface area contributed by atoms with E-state index in [0.717, 1.165) is 0 Å². The summed E-state index contributed by atoms with van der Waals surface area (Å²) in [5.74, 6) is -0.310. The van der Waals surface area contributed by atoms with Gasteiger partial charge in [-0.05, 0) is 26.7 Å². The van der Waals surface area contributed by atoms with Crippen molar-refractivity contribution in [2.24, 2.45) is 5.92 Å². The Morgan fingerprint density at radius 1 is 1.27 bits per heavy atom. The molecule has 1 amide bonds. The van der Waals surface area contributed by atoms with Crippen LogP contribution in [0, 0.1) is 5.92 Å². The van der Waals surface area contributed by atoms with Crippen LogP contribution in [0.25, 0.3) is 0 Å². The van der Waals surface area contributed by atoms with Gasteiger partial charge >= 0.3 is 12.1 Å². The van der Waals surface area contributed by atoms with Crippen LogP contribution >= 0.6 is 0 Å². The summed E-state index contributed by atoms with van der Waals surface area (Å²) in [5.41, 5.74) is -0.662. The molecule has 0 aromatic carbocycles. The van der Waals surface area contributed by atoms with Crippen molar-refractivity contribution in [2.45, 2.75) is 46.3 Å². The number of rotatable bonds is 3. The number of carbonyl (C=O) groups is 2. The molecule has 0 heterocycles. The number of amides is 1. The van der Waals surface area contributed by atoms with Gasteiger partial charge in [0.1, 0.15) is 11.6 Å². The van der Waals surface area contributed by atoms with Crippen molar-refractivity contribution in [3.8, 4) is 0 Å². The second-order valence-corrected chi connectivity index (χ2v) is 4.67. The second-order valence-electron chi connectivity index (χ2n) is 4.67. The van der Waals surface area contributed by atoms with E-state index in [-0.39, 0.29) is 5.92 Å². The van der Waals surface area contributed by atoms with Gasteiger partial charge in [-0.1, -0.05) is 13.8 Å². The molecule has 0 rings (SSSR count). The maximum atomic E-state index is 12.5. The molecule has 0 fully saturated rings. The maximum Gasteiger partial charge on any atom is 0.408 e. The lowest BCUT2D eigenvalue weighted by Crippen LogP contribution is -2.45. The van der Waals surface area contributed by atoms with Crippen LogP contribution < -0.4 is 5.32 Å². The third kappa shape index (κ3) is 6.04. The molecule has 0 saturated heterocycles. The van der Waals surface area contributed by atoms with Crippen LogP contribution in [0.15, 0.2) is 0 Å². The number of alkyl carbamates (subject to hydrolysis) is 1. The summed E-state index contributed by atoms with van der Waals surface area (Å²) in [4.78, 5) is 21.8. The first-order valence-electron chi connectivity index (χ1n) is 4.82. The van der Waals surface area contributed by atoms with Crippen molar-refractivity contribution in [1.29, 1.82) is 0 Å². The van der Waals surface area contributed by atoms with Crippen molar-refractivity contribution in [2.75, 3.05) is 0 Å². The highest BCUT2D eigenvalue weighted by Gasteiger charge is 2.26. The molecule has 0 aliphatic carbocycles. The van der Waals surface area contributed by atoms with Gasteiger partial charge in [0.25, 0.3) is 0 Å². The van der Waals surface area contributed by atoms with Gasteiger partial charge in [-0.25, -0.2) is 4.79 Å². The molecule has 0 aromatic rings. The largest absolute Gasteiger partial charge is 0.444 e. The third-order valence-corrected chi connectivity index (χ3v) is 1.58. The number of nitrogens with one attached hydrogen (secondary N) is 1. The lowest BCUT2D eigenvalue weighted by molar-refractivity contribution is -0.132. The van der Waals surface area contributed by atoms with Gasteiger partial charge in [0, 0.05) is 0 Å². The Bertz CT molecular complexity index is 246. The molecule has 88 valence electrons. The van der Waals surface area contributed by atoms with Gasteiger partial charge in [0.15, 0.2) is 0 Å². The normalized spacial score (nSPS) is 13.5. The third-order valence-electron chi connectivity index (χ3n) is 1.58. The smallest absolute Gasteiger partial charge is 0.408 e. The lowest BCUT2D eigenvalue weighted by Gasteiger charge is -2.23. The first kappa shape index (κ1) is 13.9. The van der Waals surface area contributed by atoms with Crippen LogP contribution in [0.2, 0.25) is 0 Å². The van der Waals surface area contributed by atoms with Crippen LogP contribution in [0.3, 0.4) is 0 Å². The molecule has 4 nitrogen and oxygen atoms in total. The summed E-state index contributed by atoms with van der Waals surface area (Å²) in [6.45, 7) is 8.34. The van der Waals surface area contributed by atoms with Crippen LogP contribution in [-0.4, -0.2) is 23.8 Å². The molecule has 0 bridgehead atoms. The highest BCUT2D eigenvalue weighted by Crippen LogP contribution is 2.09. The van der Waals surface area contributed by atoms with Crippen LogP contribution in [-0.2, 0) is 9.53 Å². The summed E-state index contributed by atoms with van der Waals surface area (Å²) in [7, 11) is 0. The molecular weight excluding hydrogens is 201 g/mol. The van der Waals surface area contributed by atoms with E-state index in [0.29, 0.717) is 0 Å². The molecule has 0 radical (unpaired) electrons. The molecule has 0 unspecified atom stereocenters. The monoisotopic (exact) mass is 219 g/mol. The van der Waals surface area contributed by atoms with Crippen molar-refractivity contribution in [1.82, 2.24) is 5.32 Å². The van der Waals surface area contributed by atoms with Gasteiger partial charge in [-0.3, -0.25) is 4.79 Å². The Balaban J connectivity index is 4.31. The van der Waals surface area contributed by atoms with Crippen molar-refractivity contribution < 1.29 is 18.7 Å². The molecule has 0 aliphatic heterocycles. The Hall–Kier alpha value is -1.13. The van der Waals surface area contributed by atoms with E-state index in [9.17, 15) is 14.0 Å². The van der Waals surface area contributed by atoms with Gasteiger partial charge in [0.05, 0.1) is 0 Å². The molecule has 1 atom stereocenters. The Labute approximate surface area is 89.2 Å². The maximum absolute atomic E-state index is 12.5. The SMILES string of the molecule is CC(C)[C@@H](NC(=O)OC(C)(C)C)C(=O)F. The summed E-state index contributed by atoms with van der Waals surface area (Å²) in [6, 6.07) is -2.70. The fourth-order valence-corrected chi connectivity index (χ4v) is 0.920. The topological polar surface area (TPSA) is 55.4 Å². The molecule has 1 N–H and O–H groups in total. The first-order chi connectivity index (χ1) is 6.63.